The minimum Gasteiger partial charge on any atom is -0.481 e. The van der Waals surface area contributed by atoms with Crippen LogP contribution in [0.2, 0.25) is 0 Å². The third-order valence-corrected chi connectivity index (χ3v) is 3.72. The Bertz CT molecular complexity index is 593. The molecule has 3 N–H and O–H groups in total. The molecule has 2 rings (SSSR count). The van der Waals surface area contributed by atoms with Gasteiger partial charge in [-0.05, 0) is 37.5 Å². The number of nitrogens with zero attached hydrogens (tertiary/aromatic N) is 1. The number of likely N-dealkylation sites (tertiary alicyclic amines) is 1. The van der Waals surface area contributed by atoms with Crippen molar-refractivity contribution in [2.45, 2.75) is 25.4 Å². The van der Waals surface area contributed by atoms with Crippen LogP contribution in [0.15, 0.2) is 18.2 Å². The van der Waals surface area contributed by atoms with Crippen molar-refractivity contribution < 1.29 is 23.8 Å². The number of aryl methyl sites for hydroxylation is 1. The second kappa shape index (κ2) is 6.31. The zero-order valence-electron chi connectivity index (χ0n) is 12.3. The fourth-order valence-electron chi connectivity index (χ4n) is 2.40. The van der Waals surface area contributed by atoms with Gasteiger partial charge in [-0.1, -0.05) is 6.07 Å². The third-order valence-electron chi connectivity index (χ3n) is 3.72. The van der Waals surface area contributed by atoms with E-state index in [1.54, 1.807) is 13.0 Å². The Hall–Kier alpha value is -2.15. The molecule has 2 amide bonds. The van der Waals surface area contributed by atoms with Gasteiger partial charge in [0.15, 0.2) is 23.8 Å². The van der Waals surface area contributed by atoms with Crippen LogP contribution in [0.1, 0.15) is 18.4 Å². The van der Waals surface area contributed by atoms with Crippen molar-refractivity contribution in [1.82, 2.24) is 4.90 Å². The number of nitrogens with two attached hydrogens (primary N) is 1. The summed E-state index contributed by atoms with van der Waals surface area (Å²) in [5.41, 5.74) is 4.26. The molecule has 0 saturated carbocycles. The molecule has 0 aliphatic carbocycles. The first-order chi connectivity index (χ1) is 10.3. The molecule has 0 aromatic heterocycles. The van der Waals surface area contributed by atoms with Gasteiger partial charge in [-0.25, -0.2) is 4.39 Å². The zero-order chi connectivity index (χ0) is 16.3. The van der Waals surface area contributed by atoms with Gasteiger partial charge in [0, 0.05) is 6.54 Å². The molecular weight excluding hydrogens is 291 g/mol. The Morgan fingerprint density at radius 1 is 1.50 bits per heavy atom. The second-order valence-electron chi connectivity index (χ2n) is 5.54. The van der Waals surface area contributed by atoms with Crippen LogP contribution < -0.4 is 10.5 Å². The van der Waals surface area contributed by atoms with E-state index in [-0.39, 0.29) is 25.3 Å². The summed E-state index contributed by atoms with van der Waals surface area (Å²) in [4.78, 5) is 24.7. The van der Waals surface area contributed by atoms with Crippen LogP contribution in [0.25, 0.3) is 0 Å². The summed E-state index contributed by atoms with van der Waals surface area (Å²) in [7, 11) is 0. The summed E-state index contributed by atoms with van der Waals surface area (Å²) < 4.78 is 18.7. The molecule has 1 fully saturated rings. The molecule has 7 heteroatoms. The number of benzene rings is 1. The number of halogens is 1. The Morgan fingerprint density at radius 3 is 2.91 bits per heavy atom. The Balaban J connectivity index is 1.97. The van der Waals surface area contributed by atoms with Crippen molar-refractivity contribution in [2.24, 2.45) is 5.73 Å². The zero-order valence-corrected chi connectivity index (χ0v) is 12.3. The van der Waals surface area contributed by atoms with E-state index < -0.39 is 23.2 Å². The highest BCUT2D eigenvalue weighted by molar-refractivity contribution is 5.85. The van der Waals surface area contributed by atoms with Crippen LogP contribution in [-0.2, 0) is 9.59 Å². The summed E-state index contributed by atoms with van der Waals surface area (Å²) in [6.45, 7) is 1.65. The first-order valence-corrected chi connectivity index (χ1v) is 7.01. The lowest BCUT2D eigenvalue weighted by atomic mass is 9.92. The lowest BCUT2D eigenvalue weighted by Gasteiger charge is -2.36. The molecule has 1 aromatic carbocycles. The summed E-state index contributed by atoms with van der Waals surface area (Å²) in [5.74, 6) is -1.84. The molecule has 1 atom stereocenters. The Kier molecular flexibility index (Phi) is 4.65. The summed E-state index contributed by atoms with van der Waals surface area (Å²) >= 11 is 0. The molecule has 0 radical (unpaired) electrons. The minimum absolute atomic E-state index is 0.00415. The van der Waals surface area contributed by atoms with Crippen molar-refractivity contribution in [3.8, 4) is 5.75 Å². The van der Waals surface area contributed by atoms with Crippen molar-refractivity contribution in [3.05, 3.63) is 29.6 Å². The molecule has 0 bridgehead atoms. The molecule has 120 valence electrons. The largest absolute Gasteiger partial charge is 0.481 e. The molecule has 1 saturated heterocycles. The van der Waals surface area contributed by atoms with Gasteiger partial charge in [-0.3, -0.25) is 9.59 Å². The molecule has 1 aliphatic rings. The molecule has 1 heterocycles. The number of rotatable bonds is 4. The standard InChI is InChI=1S/C15H19FN2O4/c1-10-3-4-11(16)12(7-10)22-8-13(19)18-6-2-5-15(21,9-18)14(17)20/h3-4,7,21H,2,5-6,8-9H2,1H3,(H2,17,20)/t15-/m0/s1. The lowest BCUT2D eigenvalue weighted by molar-refractivity contribution is -0.150. The Labute approximate surface area is 127 Å². The van der Waals surface area contributed by atoms with Crippen LogP contribution >= 0.6 is 0 Å². The summed E-state index contributed by atoms with van der Waals surface area (Å²) in [5, 5.41) is 10.1. The predicted octanol–water partition coefficient (Wildman–Crippen LogP) is 0.352. The van der Waals surface area contributed by atoms with Crippen LogP contribution in [0.3, 0.4) is 0 Å². The van der Waals surface area contributed by atoms with E-state index in [2.05, 4.69) is 0 Å². The van der Waals surface area contributed by atoms with E-state index >= 15 is 0 Å². The average Bonchev–Trinajstić information content (AvgIpc) is 2.47. The highest BCUT2D eigenvalue weighted by Crippen LogP contribution is 2.22. The molecule has 0 spiro atoms. The van der Waals surface area contributed by atoms with Crippen molar-refractivity contribution in [2.75, 3.05) is 19.7 Å². The van der Waals surface area contributed by atoms with Crippen molar-refractivity contribution in [1.29, 1.82) is 0 Å². The number of carbonyl (C=O) groups excluding carboxylic acids is 2. The smallest absolute Gasteiger partial charge is 0.260 e. The number of β-amino-alcohol motifs (C(OH)–C–C–N with tert-alkyl or cyclic N) is 1. The maximum absolute atomic E-state index is 13.5. The normalized spacial score (nSPS) is 21.5. The van der Waals surface area contributed by atoms with Crippen LogP contribution in [0.5, 0.6) is 5.75 Å². The Morgan fingerprint density at radius 2 is 2.23 bits per heavy atom. The van der Waals surface area contributed by atoms with E-state index in [1.807, 2.05) is 0 Å². The van der Waals surface area contributed by atoms with E-state index in [9.17, 15) is 19.1 Å². The quantitative estimate of drug-likeness (QED) is 0.839. The number of primary amides is 1. The maximum atomic E-state index is 13.5. The van der Waals surface area contributed by atoms with Crippen LogP contribution in [0.4, 0.5) is 4.39 Å². The fourth-order valence-corrected chi connectivity index (χ4v) is 2.40. The summed E-state index contributed by atoms with van der Waals surface area (Å²) in [6, 6.07) is 4.36. The van der Waals surface area contributed by atoms with Gasteiger partial charge in [0.1, 0.15) is 0 Å². The van der Waals surface area contributed by atoms with E-state index in [1.165, 1.54) is 17.0 Å². The van der Waals surface area contributed by atoms with Gasteiger partial charge in [0.25, 0.3) is 11.8 Å². The van der Waals surface area contributed by atoms with Gasteiger partial charge in [-0.2, -0.15) is 0 Å². The number of carbonyl (C=O) groups is 2. The second-order valence-corrected chi connectivity index (χ2v) is 5.54. The SMILES string of the molecule is Cc1ccc(F)c(OCC(=O)N2CCC[C@@](O)(C(N)=O)C2)c1. The van der Waals surface area contributed by atoms with E-state index in [4.69, 9.17) is 10.5 Å². The van der Waals surface area contributed by atoms with Gasteiger partial charge in [-0.15, -0.1) is 0 Å². The fraction of sp³-hybridized carbons (Fsp3) is 0.467. The molecular formula is C15H19FN2O4. The third kappa shape index (κ3) is 3.54. The van der Waals surface area contributed by atoms with Gasteiger partial charge >= 0.3 is 0 Å². The van der Waals surface area contributed by atoms with E-state index in [0.29, 0.717) is 13.0 Å². The van der Waals surface area contributed by atoms with Gasteiger partial charge in [0.05, 0.1) is 6.54 Å². The average molecular weight is 310 g/mol. The number of amides is 2. The van der Waals surface area contributed by atoms with Gasteiger partial charge < -0.3 is 20.5 Å². The molecule has 6 nitrogen and oxygen atoms in total. The van der Waals surface area contributed by atoms with Crippen molar-refractivity contribution in [3.63, 3.8) is 0 Å². The number of aliphatic hydroxyl groups is 1. The molecule has 1 aromatic rings. The van der Waals surface area contributed by atoms with Crippen LogP contribution in [-0.4, -0.2) is 47.1 Å². The number of hydrogen-bond donors (Lipinski definition) is 2. The molecule has 22 heavy (non-hydrogen) atoms. The van der Waals surface area contributed by atoms with E-state index in [0.717, 1.165) is 5.56 Å². The lowest BCUT2D eigenvalue weighted by Crippen LogP contribution is -2.57. The van der Waals surface area contributed by atoms with Crippen LogP contribution in [0, 0.1) is 12.7 Å². The summed E-state index contributed by atoms with van der Waals surface area (Å²) in [6.07, 6.45) is 0.684. The number of piperidine rings is 1. The first kappa shape index (κ1) is 16.2. The minimum atomic E-state index is -1.71. The number of hydrogen-bond acceptors (Lipinski definition) is 4. The maximum Gasteiger partial charge on any atom is 0.260 e. The topological polar surface area (TPSA) is 92.9 Å². The predicted molar refractivity (Wildman–Crippen MR) is 76.6 cm³/mol. The first-order valence-electron chi connectivity index (χ1n) is 7.01. The molecule has 1 aliphatic heterocycles. The molecule has 0 unspecified atom stereocenters. The number of ether oxygens (including phenoxy) is 1. The highest BCUT2D eigenvalue weighted by atomic mass is 19.1. The van der Waals surface area contributed by atoms with Gasteiger partial charge in [0.2, 0.25) is 0 Å². The van der Waals surface area contributed by atoms with Crippen molar-refractivity contribution >= 4 is 11.8 Å². The monoisotopic (exact) mass is 310 g/mol. The highest BCUT2D eigenvalue weighted by Gasteiger charge is 2.40.